The van der Waals surface area contributed by atoms with Gasteiger partial charge in [0.05, 0.1) is 0 Å². The van der Waals surface area contributed by atoms with Crippen molar-refractivity contribution in [3.63, 3.8) is 0 Å². The van der Waals surface area contributed by atoms with E-state index in [1.807, 2.05) is 42.5 Å². The van der Waals surface area contributed by atoms with Gasteiger partial charge < -0.3 is 5.32 Å². The van der Waals surface area contributed by atoms with Crippen LogP contribution < -0.4 is 5.32 Å². The Bertz CT molecular complexity index is 794. The van der Waals surface area contributed by atoms with Crippen molar-refractivity contribution in [2.45, 2.75) is 6.54 Å². The van der Waals surface area contributed by atoms with E-state index in [-0.39, 0.29) is 12.1 Å². The van der Waals surface area contributed by atoms with Gasteiger partial charge in [0.25, 0.3) is 0 Å². The zero-order chi connectivity index (χ0) is 14.8. The molecule has 3 rings (SSSR count). The summed E-state index contributed by atoms with van der Waals surface area (Å²) in [5, 5.41) is 5.10. The molecule has 1 nitrogen and oxygen atoms in total. The minimum Gasteiger partial charge on any atom is -0.380 e. The van der Waals surface area contributed by atoms with E-state index >= 15 is 0 Å². The highest BCUT2D eigenvalue weighted by atomic mass is 19.2. The normalized spacial score (nSPS) is 10.8. The molecule has 0 radical (unpaired) electrons. The minimum absolute atomic E-state index is 0.0804. The highest BCUT2D eigenvalue weighted by molar-refractivity contribution is 5.93. The molecule has 0 spiro atoms. The summed E-state index contributed by atoms with van der Waals surface area (Å²) in [6, 6.07) is 14.9. The third-order valence-corrected chi connectivity index (χ3v) is 3.35. The van der Waals surface area contributed by atoms with E-state index in [1.165, 1.54) is 0 Å². The first-order valence-corrected chi connectivity index (χ1v) is 6.50. The number of rotatable bonds is 3. The van der Waals surface area contributed by atoms with E-state index in [4.69, 9.17) is 0 Å². The van der Waals surface area contributed by atoms with Gasteiger partial charge in [-0.25, -0.2) is 13.2 Å². The molecule has 0 aromatic heterocycles. The van der Waals surface area contributed by atoms with E-state index < -0.39 is 17.5 Å². The van der Waals surface area contributed by atoms with Crippen LogP contribution in [0.3, 0.4) is 0 Å². The van der Waals surface area contributed by atoms with Gasteiger partial charge >= 0.3 is 0 Å². The summed E-state index contributed by atoms with van der Waals surface area (Å²) in [5.41, 5.74) is 0.902. The lowest BCUT2D eigenvalue weighted by Crippen LogP contribution is -2.04. The van der Waals surface area contributed by atoms with Crippen LogP contribution in [0.5, 0.6) is 0 Å². The second-order valence-corrected chi connectivity index (χ2v) is 4.74. The predicted molar refractivity (Wildman–Crippen MR) is 77.6 cm³/mol. The van der Waals surface area contributed by atoms with Crippen LogP contribution in [-0.4, -0.2) is 0 Å². The maximum absolute atomic E-state index is 13.6. The van der Waals surface area contributed by atoms with Gasteiger partial charge in [0, 0.05) is 29.2 Å². The zero-order valence-corrected chi connectivity index (χ0v) is 11.0. The average molecular weight is 287 g/mol. The minimum atomic E-state index is -1.18. The van der Waals surface area contributed by atoms with E-state index in [9.17, 15) is 13.2 Å². The lowest BCUT2D eigenvalue weighted by Gasteiger charge is -2.11. The molecule has 0 unspecified atom stereocenters. The molecule has 106 valence electrons. The maximum Gasteiger partial charge on any atom is 0.161 e. The van der Waals surface area contributed by atoms with Gasteiger partial charge in [0.1, 0.15) is 5.82 Å². The number of fused-ring (bicyclic) bond motifs is 1. The molecular weight excluding hydrogens is 275 g/mol. The number of halogens is 3. The number of hydrogen-bond acceptors (Lipinski definition) is 1. The number of hydrogen-bond donors (Lipinski definition) is 1. The number of anilines is 1. The first kappa shape index (κ1) is 13.5. The van der Waals surface area contributed by atoms with Gasteiger partial charge in [0.15, 0.2) is 11.6 Å². The fourth-order valence-corrected chi connectivity index (χ4v) is 2.27. The van der Waals surface area contributed by atoms with Crippen molar-refractivity contribution in [2.24, 2.45) is 0 Å². The molecule has 0 amide bonds. The topological polar surface area (TPSA) is 12.0 Å². The summed E-state index contributed by atoms with van der Waals surface area (Å²) >= 11 is 0. The third kappa shape index (κ3) is 2.70. The van der Waals surface area contributed by atoms with Crippen LogP contribution in [0.1, 0.15) is 5.56 Å². The summed E-state index contributed by atoms with van der Waals surface area (Å²) in [7, 11) is 0. The van der Waals surface area contributed by atoms with Gasteiger partial charge in [-0.05, 0) is 17.5 Å². The lowest BCUT2D eigenvalue weighted by molar-refractivity contribution is 0.490. The average Bonchev–Trinajstić information content (AvgIpc) is 2.49. The number of nitrogens with one attached hydrogen (secondary N) is 1. The highest BCUT2D eigenvalue weighted by Crippen LogP contribution is 2.24. The fraction of sp³-hybridized carbons (Fsp3) is 0.0588. The molecule has 3 aromatic rings. The Morgan fingerprint density at radius 2 is 1.48 bits per heavy atom. The molecule has 0 aliphatic rings. The molecule has 0 aliphatic carbocycles. The highest BCUT2D eigenvalue weighted by Gasteiger charge is 2.10. The van der Waals surface area contributed by atoms with Crippen molar-refractivity contribution < 1.29 is 13.2 Å². The van der Waals surface area contributed by atoms with Crippen LogP contribution in [0, 0.1) is 17.5 Å². The maximum atomic E-state index is 13.6. The van der Waals surface area contributed by atoms with Crippen molar-refractivity contribution in [1.82, 2.24) is 0 Å². The summed E-state index contributed by atoms with van der Waals surface area (Å²) < 4.78 is 39.7. The number of benzene rings is 3. The van der Waals surface area contributed by atoms with Gasteiger partial charge in [-0.3, -0.25) is 0 Å². The van der Waals surface area contributed by atoms with E-state index in [1.54, 1.807) is 0 Å². The molecule has 0 aliphatic heterocycles. The Morgan fingerprint density at radius 1 is 0.762 bits per heavy atom. The van der Waals surface area contributed by atoms with Crippen molar-refractivity contribution >= 4 is 16.5 Å². The van der Waals surface area contributed by atoms with Crippen LogP contribution in [0.2, 0.25) is 0 Å². The zero-order valence-electron chi connectivity index (χ0n) is 11.0. The Morgan fingerprint density at radius 3 is 2.33 bits per heavy atom. The SMILES string of the molecule is Fc1cc(F)c(CNc2cccc3ccccc23)cc1F. The van der Waals surface area contributed by atoms with E-state index in [0.717, 1.165) is 22.5 Å². The summed E-state index contributed by atoms with van der Waals surface area (Å²) in [6.45, 7) is 0.0804. The van der Waals surface area contributed by atoms with Crippen LogP contribution in [-0.2, 0) is 6.54 Å². The Balaban J connectivity index is 1.89. The van der Waals surface area contributed by atoms with Crippen molar-refractivity contribution in [3.8, 4) is 0 Å². The second kappa shape index (κ2) is 5.48. The van der Waals surface area contributed by atoms with Crippen LogP contribution >= 0.6 is 0 Å². The van der Waals surface area contributed by atoms with Crippen LogP contribution in [0.15, 0.2) is 54.6 Å². The van der Waals surface area contributed by atoms with Gasteiger partial charge in [-0.1, -0.05) is 36.4 Å². The first-order chi connectivity index (χ1) is 10.1. The second-order valence-electron chi connectivity index (χ2n) is 4.74. The molecule has 0 bridgehead atoms. The smallest absolute Gasteiger partial charge is 0.161 e. The van der Waals surface area contributed by atoms with Crippen molar-refractivity contribution in [1.29, 1.82) is 0 Å². The molecule has 1 N–H and O–H groups in total. The lowest BCUT2D eigenvalue weighted by atomic mass is 10.1. The van der Waals surface area contributed by atoms with Gasteiger partial charge in [-0.2, -0.15) is 0 Å². The summed E-state index contributed by atoms with van der Waals surface area (Å²) in [4.78, 5) is 0. The standard InChI is InChI=1S/C17H12F3N/c18-14-9-16(20)15(19)8-12(14)10-21-17-7-3-5-11-4-1-2-6-13(11)17/h1-9,21H,10H2. The van der Waals surface area contributed by atoms with E-state index in [0.29, 0.717) is 6.07 Å². The summed E-state index contributed by atoms with van der Waals surface area (Å²) in [5.74, 6) is -2.99. The summed E-state index contributed by atoms with van der Waals surface area (Å²) in [6.07, 6.45) is 0. The Kier molecular flexibility index (Phi) is 3.52. The molecular formula is C17H12F3N. The molecule has 3 aromatic carbocycles. The first-order valence-electron chi connectivity index (χ1n) is 6.50. The molecule has 21 heavy (non-hydrogen) atoms. The molecule has 0 heterocycles. The van der Waals surface area contributed by atoms with E-state index in [2.05, 4.69) is 5.32 Å². The molecule has 0 fully saturated rings. The molecule has 0 saturated carbocycles. The van der Waals surface area contributed by atoms with Crippen LogP contribution in [0.4, 0.5) is 18.9 Å². The largest absolute Gasteiger partial charge is 0.380 e. The molecule has 4 heteroatoms. The third-order valence-electron chi connectivity index (χ3n) is 3.35. The van der Waals surface area contributed by atoms with Gasteiger partial charge in [0.2, 0.25) is 0 Å². The van der Waals surface area contributed by atoms with Crippen LogP contribution in [0.25, 0.3) is 10.8 Å². The molecule has 0 atom stereocenters. The van der Waals surface area contributed by atoms with Crippen molar-refractivity contribution in [2.75, 3.05) is 5.32 Å². The molecule has 0 saturated heterocycles. The Hall–Kier alpha value is -2.49. The fourth-order valence-electron chi connectivity index (χ4n) is 2.27. The predicted octanol–water partition coefficient (Wildman–Crippen LogP) is 4.87. The van der Waals surface area contributed by atoms with Gasteiger partial charge in [-0.15, -0.1) is 0 Å². The Labute approximate surface area is 120 Å². The van der Waals surface area contributed by atoms with Crippen molar-refractivity contribution in [3.05, 3.63) is 77.6 Å². The monoisotopic (exact) mass is 287 g/mol. The quantitative estimate of drug-likeness (QED) is 0.678.